The lowest BCUT2D eigenvalue weighted by Gasteiger charge is -2.43. The van der Waals surface area contributed by atoms with Crippen molar-refractivity contribution < 1.29 is 28.5 Å². The zero-order chi connectivity index (χ0) is 31.0. The van der Waals surface area contributed by atoms with E-state index >= 15 is 4.39 Å². The number of benzene rings is 2. The Hall–Kier alpha value is -3.91. The molecule has 4 aliphatic heterocycles. The van der Waals surface area contributed by atoms with E-state index in [9.17, 15) is 9.90 Å². The molecule has 2 atom stereocenters. The Morgan fingerprint density at radius 1 is 1.04 bits per heavy atom. The van der Waals surface area contributed by atoms with Gasteiger partial charge in [0.25, 0.3) is 5.91 Å². The summed E-state index contributed by atoms with van der Waals surface area (Å²) in [6.45, 7) is 7.78. The monoisotopic (exact) mass is 619 g/mol. The minimum Gasteiger partial charge on any atom is -0.487 e. The van der Waals surface area contributed by atoms with Crippen molar-refractivity contribution in [1.29, 1.82) is 0 Å². The molecule has 1 aromatic heterocycles. The Bertz CT molecular complexity index is 1510. The zero-order valence-electron chi connectivity index (χ0n) is 25.3. The third kappa shape index (κ3) is 6.30. The van der Waals surface area contributed by atoms with Crippen LogP contribution in [0, 0.1) is 6.92 Å². The first-order valence-electron chi connectivity index (χ1n) is 15.5. The van der Waals surface area contributed by atoms with Gasteiger partial charge in [-0.15, -0.1) is 0 Å². The van der Waals surface area contributed by atoms with E-state index in [1.54, 1.807) is 6.07 Å². The van der Waals surface area contributed by atoms with Crippen molar-refractivity contribution in [2.24, 2.45) is 0 Å². The number of aliphatic hydroxyl groups is 1. The molecular weight excluding hydrogens is 581 g/mol. The predicted molar refractivity (Wildman–Crippen MR) is 164 cm³/mol. The van der Waals surface area contributed by atoms with Crippen LogP contribution in [0.25, 0.3) is 11.4 Å². The molecule has 238 valence electrons. The highest BCUT2D eigenvalue weighted by Crippen LogP contribution is 2.30. The first-order chi connectivity index (χ1) is 21.8. The number of hydrogen-bond acceptors (Lipinski definition) is 11. The summed E-state index contributed by atoms with van der Waals surface area (Å²) < 4.78 is 31.4. The molecule has 2 N–H and O–H groups in total. The number of aromatic nitrogens is 3. The molecule has 7 rings (SSSR count). The molecule has 4 aliphatic rings. The van der Waals surface area contributed by atoms with Crippen LogP contribution in [-0.4, -0.2) is 125 Å². The molecule has 1 amide bonds. The number of piperazine rings is 1. The molecule has 0 aliphatic carbocycles. The number of aryl methyl sites for hydroxylation is 1. The van der Waals surface area contributed by atoms with E-state index in [2.05, 4.69) is 42.2 Å². The van der Waals surface area contributed by atoms with Crippen molar-refractivity contribution >= 4 is 23.2 Å². The van der Waals surface area contributed by atoms with Gasteiger partial charge in [0, 0.05) is 56.1 Å². The van der Waals surface area contributed by atoms with E-state index in [1.807, 2.05) is 31.2 Å². The minimum absolute atomic E-state index is 0.0495. The highest BCUT2D eigenvalue weighted by atomic mass is 19.1. The molecule has 12 nitrogen and oxygen atoms in total. The number of carbonyl (C=O) groups excluding carboxylic acids is 1. The summed E-state index contributed by atoms with van der Waals surface area (Å²) in [5.74, 6) is 1.01. The number of nitrogens with one attached hydrogen (secondary N) is 1. The molecule has 0 spiro atoms. The van der Waals surface area contributed by atoms with Gasteiger partial charge in [-0.3, -0.25) is 9.69 Å². The van der Waals surface area contributed by atoms with Gasteiger partial charge in [-0.05, 0) is 55.0 Å². The van der Waals surface area contributed by atoms with Crippen molar-refractivity contribution in [3.05, 3.63) is 54.4 Å². The number of rotatable bonds is 8. The van der Waals surface area contributed by atoms with Crippen LogP contribution in [0.15, 0.2) is 48.8 Å². The number of ether oxygens (including phenoxy) is 3. The normalized spacial score (nSPS) is 23.6. The number of carbonyl (C=O) groups is 1. The van der Waals surface area contributed by atoms with Crippen LogP contribution < -0.4 is 15.0 Å². The first-order valence-corrected chi connectivity index (χ1v) is 15.5. The maximum atomic E-state index is 15.1. The Morgan fingerprint density at radius 2 is 1.82 bits per heavy atom. The van der Waals surface area contributed by atoms with Crippen molar-refractivity contribution in [3.8, 4) is 17.1 Å². The van der Waals surface area contributed by atoms with Crippen LogP contribution in [-0.2, 0) is 14.3 Å². The summed E-state index contributed by atoms with van der Waals surface area (Å²) in [4.78, 5) is 32.1. The molecule has 0 bridgehead atoms. The smallest absolute Gasteiger partial charge is 0.259 e. The molecule has 4 saturated heterocycles. The quantitative estimate of drug-likeness (QED) is 0.386. The van der Waals surface area contributed by atoms with Gasteiger partial charge >= 0.3 is 0 Å². The average molecular weight is 620 g/mol. The highest BCUT2D eigenvalue weighted by Gasteiger charge is 2.48. The Morgan fingerprint density at radius 3 is 2.47 bits per heavy atom. The van der Waals surface area contributed by atoms with E-state index < -0.39 is 23.8 Å². The molecule has 2 aromatic carbocycles. The number of piperidine rings is 1. The molecule has 13 heteroatoms. The van der Waals surface area contributed by atoms with Gasteiger partial charge in [-0.2, -0.15) is 4.98 Å². The number of alkyl halides is 1. The number of amides is 1. The van der Waals surface area contributed by atoms with Gasteiger partial charge in [0.1, 0.15) is 18.2 Å². The van der Waals surface area contributed by atoms with E-state index in [4.69, 9.17) is 14.2 Å². The molecule has 5 heterocycles. The lowest BCUT2D eigenvalue weighted by atomic mass is 9.97. The third-order valence-electron chi connectivity index (χ3n) is 9.07. The number of likely N-dealkylation sites (tertiary alicyclic amines) is 1. The second-order valence-electron chi connectivity index (χ2n) is 12.2. The van der Waals surface area contributed by atoms with Crippen LogP contribution in [0.3, 0.4) is 0 Å². The Kier molecular flexibility index (Phi) is 8.25. The summed E-state index contributed by atoms with van der Waals surface area (Å²) in [6, 6.07) is 14.4. The lowest BCUT2D eigenvalue weighted by molar-refractivity contribution is -0.202. The third-order valence-corrected chi connectivity index (χ3v) is 9.07. The van der Waals surface area contributed by atoms with Crippen molar-refractivity contribution in [1.82, 2.24) is 24.8 Å². The predicted octanol–water partition coefficient (Wildman–Crippen LogP) is 2.19. The van der Waals surface area contributed by atoms with Crippen LogP contribution in [0.5, 0.6) is 5.75 Å². The van der Waals surface area contributed by atoms with E-state index in [0.29, 0.717) is 36.5 Å². The maximum Gasteiger partial charge on any atom is 0.259 e. The Labute approximate surface area is 261 Å². The first kappa shape index (κ1) is 29.8. The van der Waals surface area contributed by atoms with Crippen LogP contribution in [0.1, 0.15) is 12.0 Å². The number of halogens is 1. The van der Waals surface area contributed by atoms with Crippen LogP contribution in [0.4, 0.5) is 21.7 Å². The largest absolute Gasteiger partial charge is 0.487 e. The second-order valence-corrected chi connectivity index (χ2v) is 12.2. The van der Waals surface area contributed by atoms with Gasteiger partial charge in [0.05, 0.1) is 39.0 Å². The summed E-state index contributed by atoms with van der Waals surface area (Å²) in [7, 11) is 0. The van der Waals surface area contributed by atoms with E-state index in [1.165, 1.54) is 16.9 Å². The standard InChI is InChI=1S/C32H38FN7O5/c1-21-14-22(2-7-27(21)45-28-8-9-40(15-26(28)33)30(41)32(42)18-44-19-32)29-34-20-35-31(37-29)36-23-3-5-24(6-4-23)38-10-12-39(13-11-38)25-16-43-17-25/h2-7,14,20,25-26,28,42H,8-13,15-19H2,1H3,(H,34,35,36,37)/t26-,28+/m1/s1. The number of anilines is 3. The van der Waals surface area contributed by atoms with Gasteiger partial charge in [0.15, 0.2) is 17.6 Å². The zero-order valence-corrected chi connectivity index (χ0v) is 25.3. The van der Waals surface area contributed by atoms with Crippen LogP contribution in [0.2, 0.25) is 0 Å². The van der Waals surface area contributed by atoms with Gasteiger partial charge in [0.2, 0.25) is 5.95 Å². The van der Waals surface area contributed by atoms with Gasteiger partial charge < -0.3 is 34.4 Å². The van der Waals surface area contributed by atoms with Gasteiger partial charge in [-0.25, -0.2) is 14.4 Å². The van der Waals surface area contributed by atoms with E-state index in [-0.39, 0.29) is 19.8 Å². The second kappa shape index (κ2) is 12.5. The fraction of sp³-hybridized carbons (Fsp3) is 0.500. The maximum absolute atomic E-state index is 15.1. The minimum atomic E-state index is -1.53. The molecule has 4 fully saturated rings. The summed E-state index contributed by atoms with van der Waals surface area (Å²) >= 11 is 0. The summed E-state index contributed by atoms with van der Waals surface area (Å²) in [6.07, 6.45) is -0.283. The van der Waals surface area contributed by atoms with Gasteiger partial charge in [-0.1, -0.05) is 0 Å². The number of hydrogen-bond donors (Lipinski definition) is 2. The van der Waals surface area contributed by atoms with Crippen molar-refractivity contribution in [3.63, 3.8) is 0 Å². The fourth-order valence-corrected chi connectivity index (χ4v) is 6.16. The average Bonchev–Trinajstić information content (AvgIpc) is 3.01. The molecule has 3 aromatic rings. The summed E-state index contributed by atoms with van der Waals surface area (Å²) in [5, 5.41) is 13.5. The number of nitrogens with zero attached hydrogens (tertiary/aromatic N) is 6. The van der Waals surface area contributed by atoms with Crippen molar-refractivity contribution in [2.45, 2.75) is 37.3 Å². The highest BCUT2D eigenvalue weighted by molar-refractivity contribution is 5.86. The fourth-order valence-electron chi connectivity index (χ4n) is 6.16. The van der Waals surface area contributed by atoms with E-state index in [0.717, 1.165) is 56.2 Å². The molecule has 0 saturated carbocycles. The van der Waals surface area contributed by atoms with Crippen LogP contribution >= 0.6 is 0 Å². The SMILES string of the molecule is Cc1cc(-c2ncnc(Nc3ccc(N4CCN(C5COC5)CC4)cc3)n2)ccc1O[C@H]1CCN(C(=O)C2(O)COC2)C[C@H]1F. The molecule has 0 unspecified atom stereocenters. The molecular formula is C32H38FN7O5. The Balaban J connectivity index is 0.943. The topological polar surface area (TPSA) is 125 Å². The molecule has 45 heavy (non-hydrogen) atoms. The summed E-state index contributed by atoms with van der Waals surface area (Å²) in [5.41, 5.74) is 2.13. The lowest BCUT2D eigenvalue weighted by Crippen LogP contribution is -2.63. The molecule has 0 radical (unpaired) electrons. The van der Waals surface area contributed by atoms with Crippen molar-refractivity contribution in [2.75, 3.05) is 75.9 Å².